The second kappa shape index (κ2) is 6.19. The lowest BCUT2D eigenvalue weighted by Crippen LogP contribution is -2.10. The Morgan fingerprint density at radius 1 is 0.786 bits per heavy atom. The summed E-state index contributed by atoms with van der Waals surface area (Å²) in [6.07, 6.45) is 0. The van der Waals surface area contributed by atoms with Crippen LogP contribution in [0.4, 0.5) is 0 Å². The van der Waals surface area contributed by atoms with Crippen molar-refractivity contribution in [2.75, 3.05) is 0 Å². The highest BCUT2D eigenvalue weighted by molar-refractivity contribution is 9.10. The molecule has 0 saturated heterocycles. The van der Waals surface area contributed by atoms with Crippen LogP contribution in [0.1, 0.15) is 5.56 Å². The molecule has 0 aliphatic carbocycles. The number of hydrogen-bond acceptors (Lipinski definition) is 3. The summed E-state index contributed by atoms with van der Waals surface area (Å²) in [7, 11) is -3.95. The largest absolute Gasteiger partial charge is 0.377 e. The van der Waals surface area contributed by atoms with Gasteiger partial charge in [-0.2, -0.15) is 8.42 Å². The highest BCUT2D eigenvalue weighted by Crippen LogP contribution is 2.43. The Hall–Kier alpha value is -2.63. The number of halogens is 1. The Morgan fingerprint density at radius 3 is 2.14 bits per heavy atom. The van der Waals surface area contributed by atoms with Crippen LogP contribution in [0.3, 0.4) is 0 Å². The SMILES string of the molecule is Cc1ccc(S(=O)(=O)Oc2c(Br)cc3ccc4cccc5ccc2c3c45)cc1. The third-order valence-electron chi connectivity index (χ3n) is 5.06. The van der Waals surface area contributed by atoms with Crippen LogP contribution < -0.4 is 4.18 Å². The Labute approximate surface area is 171 Å². The first-order chi connectivity index (χ1) is 13.4. The lowest BCUT2D eigenvalue weighted by Gasteiger charge is -2.16. The van der Waals surface area contributed by atoms with Crippen LogP contribution in [0.2, 0.25) is 0 Å². The third-order valence-corrected chi connectivity index (χ3v) is 6.88. The van der Waals surface area contributed by atoms with Crippen molar-refractivity contribution in [2.45, 2.75) is 11.8 Å². The predicted molar refractivity (Wildman–Crippen MR) is 117 cm³/mol. The molecule has 5 rings (SSSR count). The van der Waals surface area contributed by atoms with Crippen molar-refractivity contribution in [3.8, 4) is 5.75 Å². The van der Waals surface area contributed by atoms with E-state index in [1.54, 1.807) is 24.3 Å². The lowest BCUT2D eigenvalue weighted by atomic mass is 9.94. The quantitative estimate of drug-likeness (QED) is 0.235. The maximum atomic E-state index is 12.9. The van der Waals surface area contributed by atoms with Crippen LogP contribution in [0, 0.1) is 6.92 Å². The average molecular weight is 451 g/mol. The van der Waals surface area contributed by atoms with Crippen LogP contribution in [-0.2, 0) is 10.1 Å². The zero-order valence-corrected chi connectivity index (χ0v) is 17.3. The van der Waals surface area contributed by atoms with Gasteiger partial charge in [0, 0.05) is 10.8 Å². The Morgan fingerprint density at radius 2 is 1.43 bits per heavy atom. The molecule has 5 aromatic carbocycles. The fourth-order valence-corrected chi connectivity index (χ4v) is 5.31. The molecule has 0 fully saturated rings. The molecule has 5 heteroatoms. The molecule has 3 nitrogen and oxygen atoms in total. The first kappa shape index (κ1) is 17.5. The van der Waals surface area contributed by atoms with Gasteiger partial charge in [-0.15, -0.1) is 0 Å². The van der Waals surface area contributed by atoms with Crippen molar-refractivity contribution < 1.29 is 12.6 Å². The second-order valence-corrected chi connectivity index (χ2v) is 9.29. The van der Waals surface area contributed by atoms with Crippen LogP contribution in [0.25, 0.3) is 32.3 Å². The van der Waals surface area contributed by atoms with Crippen molar-refractivity contribution in [1.82, 2.24) is 0 Å². The van der Waals surface area contributed by atoms with Gasteiger partial charge in [0.2, 0.25) is 0 Å². The van der Waals surface area contributed by atoms with Crippen molar-refractivity contribution >= 4 is 58.4 Å². The Bertz CT molecular complexity index is 1440. The number of rotatable bonds is 3. The minimum Gasteiger partial charge on any atom is -0.377 e. The molecular weight excluding hydrogens is 436 g/mol. The summed E-state index contributed by atoms with van der Waals surface area (Å²) in [6, 6.07) is 22.8. The second-order valence-electron chi connectivity index (χ2n) is 6.89. The average Bonchev–Trinajstić information content (AvgIpc) is 2.68. The third kappa shape index (κ3) is 2.65. The summed E-state index contributed by atoms with van der Waals surface area (Å²) < 4.78 is 32.0. The van der Waals surface area contributed by atoms with E-state index in [1.807, 2.05) is 37.3 Å². The molecule has 28 heavy (non-hydrogen) atoms. The predicted octanol–water partition coefficient (Wildman–Crippen LogP) is 6.42. The molecule has 0 atom stereocenters. The molecule has 0 unspecified atom stereocenters. The van der Waals surface area contributed by atoms with E-state index in [1.165, 1.54) is 0 Å². The molecule has 138 valence electrons. The summed E-state index contributed by atoms with van der Waals surface area (Å²) in [5.74, 6) is 0.311. The van der Waals surface area contributed by atoms with Crippen LogP contribution in [0.15, 0.2) is 82.2 Å². The van der Waals surface area contributed by atoms with Gasteiger partial charge in [-0.25, -0.2) is 0 Å². The van der Waals surface area contributed by atoms with Gasteiger partial charge in [0.25, 0.3) is 0 Å². The molecule has 0 radical (unpaired) electrons. The normalized spacial score (nSPS) is 12.2. The smallest absolute Gasteiger partial charge is 0.339 e. The van der Waals surface area contributed by atoms with Crippen molar-refractivity contribution in [3.05, 3.63) is 82.8 Å². The maximum absolute atomic E-state index is 12.9. The molecule has 0 bridgehead atoms. The van der Waals surface area contributed by atoms with Crippen LogP contribution >= 0.6 is 15.9 Å². The van der Waals surface area contributed by atoms with E-state index in [-0.39, 0.29) is 4.90 Å². The highest BCUT2D eigenvalue weighted by atomic mass is 79.9. The van der Waals surface area contributed by atoms with Crippen LogP contribution in [0.5, 0.6) is 5.75 Å². The Kier molecular flexibility index (Phi) is 3.86. The van der Waals surface area contributed by atoms with Gasteiger partial charge in [0.15, 0.2) is 5.75 Å². The van der Waals surface area contributed by atoms with Crippen molar-refractivity contribution in [2.24, 2.45) is 0 Å². The van der Waals surface area contributed by atoms with Crippen molar-refractivity contribution in [3.63, 3.8) is 0 Å². The van der Waals surface area contributed by atoms with E-state index in [4.69, 9.17) is 4.18 Å². The summed E-state index contributed by atoms with van der Waals surface area (Å²) in [5.41, 5.74) is 0.989. The lowest BCUT2D eigenvalue weighted by molar-refractivity contribution is 0.487. The fourth-order valence-electron chi connectivity index (χ4n) is 3.70. The van der Waals surface area contributed by atoms with E-state index in [9.17, 15) is 8.42 Å². The molecule has 0 aromatic heterocycles. The molecule has 5 aromatic rings. The van der Waals surface area contributed by atoms with E-state index in [2.05, 4.69) is 34.1 Å². The van der Waals surface area contributed by atoms with Gasteiger partial charge >= 0.3 is 10.1 Å². The first-order valence-corrected chi connectivity index (χ1v) is 11.0. The fraction of sp³-hybridized carbons (Fsp3) is 0.0435. The topological polar surface area (TPSA) is 43.4 Å². The van der Waals surface area contributed by atoms with Gasteiger partial charge in [-0.05, 0) is 68.7 Å². The van der Waals surface area contributed by atoms with E-state index >= 15 is 0 Å². The Balaban J connectivity index is 1.77. The molecule has 0 N–H and O–H groups in total. The van der Waals surface area contributed by atoms with Gasteiger partial charge in [0.05, 0.1) is 4.47 Å². The van der Waals surface area contributed by atoms with Gasteiger partial charge < -0.3 is 4.18 Å². The zero-order chi connectivity index (χ0) is 19.5. The summed E-state index contributed by atoms with van der Waals surface area (Å²) in [5, 5.41) is 6.15. The number of hydrogen-bond donors (Lipinski definition) is 0. The molecule has 0 spiro atoms. The molecular formula is C23H15BrO3S. The summed E-state index contributed by atoms with van der Waals surface area (Å²) >= 11 is 3.51. The van der Waals surface area contributed by atoms with E-state index < -0.39 is 10.1 Å². The van der Waals surface area contributed by atoms with Gasteiger partial charge in [-0.3, -0.25) is 0 Å². The number of benzene rings is 5. The summed E-state index contributed by atoms with van der Waals surface area (Å²) in [4.78, 5) is 0.135. The van der Waals surface area contributed by atoms with Crippen LogP contribution in [-0.4, -0.2) is 8.42 Å². The number of aryl methyl sites for hydroxylation is 1. The monoisotopic (exact) mass is 450 g/mol. The maximum Gasteiger partial charge on any atom is 0.339 e. The first-order valence-electron chi connectivity index (χ1n) is 8.81. The minimum atomic E-state index is -3.95. The minimum absolute atomic E-state index is 0.135. The standard InChI is InChI=1S/C23H15BrO3S/c1-14-5-10-18(11-6-14)28(25,26)27-23-19-12-9-16-4-2-3-15-7-8-17(13-20(23)24)22(19)21(15)16/h2-13H,1H3. The molecule has 0 aliphatic heterocycles. The molecule has 0 aliphatic rings. The highest BCUT2D eigenvalue weighted by Gasteiger charge is 2.22. The van der Waals surface area contributed by atoms with Gasteiger partial charge in [0.1, 0.15) is 4.90 Å². The molecule has 0 saturated carbocycles. The van der Waals surface area contributed by atoms with E-state index in [0.29, 0.717) is 10.2 Å². The van der Waals surface area contributed by atoms with Crippen molar-refractivity contribution in [1.29, 1.82) is 0 Å². The van der Waals surface area contributed by atoms with Gasteiger partial charge in [-0.1, -0.05) is 54.1 Å². The zero-order valence-electron chi connectivity index (χ0n) is 14.9. The van der Waals surface area contributed by atoms with E-state index in [0.717, 1.165) is 37.9 Å². The molecule has 0 amide bonds. The molecule has 0 heterocycles. The summed E-state index contributed by atoms with van der Waals surface area (Å²) in [6.45, 7) is 1.91.